The minimum absolute atomic E-state index is 0.131. The average molecular weight is 494 g/mol. The lowest BCUT2D eigenvalue weighted by atomic mass is 9.83. The van der Waals surface area contributed by atoms with E-state index in [1.54, 1.807) is 0 Å². The summed E-state index contributed by atoms with van der Waals surface area (Å²) in [6, 6.07) is 11.8. The number of rotatable bonds is 4. The quantitative estimate of drug-likeness (QED) is 0.311. The molecule has 10 heteroatoms. The molecular formula is C19H12Cl4O5S. The van der Waals surface area contributed by atoms with Gasteiger partial charge < -0.3 is 10.2 Å². The Morgan fingerprint density at radius 3 is 1.79 bits per heavy atom. The van der Waals surface area contributed by atoms with E-state index in [-0.39, 0.29) is 37.0 Å². The lowest BCUT2D eigenvalue weighted by molar-refractivity contribution is 0.439. The molecule has 0 aliphatic heterocycles. The standard InChI is InChI=1S/C19H12Cl4O5S/c20-12-5-2-6-13(21)16(12)19(29(26,27)28,10-3-1-4-11(24)9-10)17-14(22)7-8-15(23)18(17)25/h1-9,24-25H,(H,26,27,28). The lowest BCUT2D eigenvalue weighted by Gasteiger charge is -2.35. The molecular weight excluding hydrogens is 482 g/mol. The van der Waals surface area contributed by atoms with Crippen molar-refractivity contribution < 1.29 is 23.2 Å². The highest BCUT2D eigenvalue weighted by Gasteiger charge is 2.54. The molecule has 0 aromatic heterocycles. The van der Waals surface area contributed by atoms with Crippen molar-refractivity contribution in [3.05, 3.63) is 91.4 Å². The van der Waals surface area contributed by atoms with E-state index < -0.39 is 26.2 Å². The molecule has 0 fully saturated rings. The Morgan fingerprint density at radius 2 is 1.24 bits per heavy atom. The third-order valence-corrected chi connectivity index (χ3v) is 7.05. The maximum Gasteiger partial charge on any atom is 0.283 e. The number of hydrogen-bond donors (Lipinski definition) is 3. The molecule has 152 valence electrons. The van der Waals surface area contributed by atoms with E-state index in [1.165, 1.54) is 48.5 Å². The Morgan fingerprint density at radius 1 is 0.724 bits per heavy atom. The van der Waals surface area contributed by atoms with Crippen molar-refractivity contribution >= 4 is 56.5 Å². The Balaban J connectivity index is 2.71. The monoisotopic (exact) mass is 492 g/mol. The molecule has 1 unspecified atom stereocenters. The van der Waals surface area contributed by atoms with E-state index in [0.29, 0.717) is 0 Å². The zero-order valence-corrected chi connectivity index (χ0v) is 18.1. The second kappa shape index (κ2) is 7.87. The largest absolute Gasteiger partial charge is 0.508 e. The van der Waals surface area contributed by atoms with E-state index in [0.717, 1.165) is 6.07 Å². The van der Waals surface area contributed by atoms with Gasteiger partial charge in [-0.05, 0) is 42.0 Å². The van der Waals surface area contributed by atoms with Crippen molar-refractivity contribution in [2.75, 3.05) is 0 Å². The number of aromatic hydroxyl groups is 2. The van der Waals surface area contributed by atoms with Crippen LogP contribution in [-0.2, 0) is 14.9 Å². The summed E-state index contributed by atoms with van der Waals surface area (Å²) >= 11 is 25.0. The first-order valence-corrected chi connectivity index (χ1v) is 10.9. The molecule has 0 radical (unpaired) electrons. The summed E-state index contributed by atoms with van der Waals surface area (Å²) in [6.45, 7) is 0. The van der Waals surface area contributed by atoms with Crippen molar-refractivity contribution in [2.45, 2.75) is 4.75 Å². The lowest BCUT2D eigenvalue weighted by Crippen LogP contribution is -2.39. The molecule has 0 aliphatic rings. The van der Waals surface area contributed by atoms with Crippen LogP contribution in [0.2, 0.25) is 20.1 Å². The van der Waals surface area contributed by atoms with Crippen molar-refractivity contribution in [2.24, 2.45) is 0 Å². The van der Waals surface area contributed by atoms with Gasteiger partial charge in [0.2, 0.25) is 0 Å². The average Bonchev–Trinajstić information content (AvgIpc) is 2.62. The smallest absolute Gasteiger partial charge is 0.283 e. The van der Waals surface area contributed by atoms with Gasteiger partial charge in [0.05, 0.1) is 5.02 Å². The highest BCUT2D eigenvalue weighted by molar-refractivity contribution is 7.87. The second-order valence-electron chi connectivity index (χ2n) is 6.06. The van der Waals surface area contributed by atoms with Crippen LogP contribution >= 0.6 is 46.4 Å². The van der Waals surface area contributed by atoms with Crippen molar-refractivity contribution in [3.63, 3.8) is 0 Å². The molecule has 0 bridgehead atoms. The van der Waals surface area contributed by atoms with Crippen LogP contribution < -0.4 is 0 Å². The van der Waals surface area contributed by atoms with Crippen molar-refractivity contribution in [1.82, 2.24) is 0 Å². The number of hydrogen-bond acceptors (Lipinski definition) is 4. The molecule has 3 aromatic carbocycles. The van der Waals surface area contributed by atoms with Gasteiger partial charge in [0.15, 0.2) is 4.75 Å². The first kappa shape index (κ1) is 22.0. The van der Waals surface area contributed by atoms with Gasteiger partial charge in [-0.3, -0.25) is 4.55 Å². The molecule has 0 aliphatic carbocycles. The first-order valence-electron chi connectivity index (χ1n) is 7.90. The minimum atomic E-state index is -5.19. The Labute approximate surface area is 186 Å². The van der Waals surface area contributed by atoms with Gasteiger partial charge >= 0.3 is 0 Å². The Hall–Kier alpha value is -1.67. The number of benzene rings is 3. The van der Waals surface area contributed by atoms with Gasteiger partial charge in [0, 0.05) is 26.2 Å². The van der Waals surface area contributed by atoms with Crippen LogP contribution in [0.15, 0.2) is 54.6 Å². The molecule has 3 aromatic rings. The van der Waals surface area contributed by atoms with Gasteiger partial charge in [0.25, 0.3) is 10.1 Å². The summed E-state index contributed by atoms with van der Waals surface area (Å²) < 4.78 is 34.0. The molecule has 3 rings (SSSR count). The summed E-state index contributed by atoms with van der Waals surface area (Å²) in [5, 5.41) is 20.0. The molecule has 29 heavy (non-hydrogen) atoms. The summed E-state index contributed by atoms with van der Waals surface area (Å²) in [7, 11) is -5.19. The van der Waals surface area contributed by atoms with E-state index in [9.17, 15) is 23.2 Å². The van der Waals surface area contributed by atoms with Crippen LogP contribution in [0.25, 0.3) is 0 Å². The SMILES string of the molecule is O=S(=O)(O)C(c1cccc(O)c1)(c1c(Cl)cccc1Cl)c1c(Cl)ccc(Cl)c1O. The summed E-state index contributed by atoms with van der Waals surface area (Å²) in [5.41, 5.74) is -0.903. The number of phenolic OH excluding ortho intramolecular Hbond substituents is 2. The topological polar surface area (TPSA) is 94.8 Å². The third-order valence-electron chi connectivity index (χ3n) is 4.38. The van der Waals surface area contributed by atoms with Gasteiger partial charge in [-0.15, -0.1) is 0 Å². The van der Waals surface area contributed by atoms with E-state index in [2.05, 4.69) is 0 Å². The maximum absolute atomic E-state index is 13.0. The third kappa shape index (κ3) is 3.54. The van der Waals surface area contributed by atoms with Crippen molar-refractivity contribution in [1.29, 1.82) is 0 Å². The predicted molar refractivity (Wildman–Crippen MR) is 114 cm³/mol. The normalized spacial score (nSPS) is 13.8. The summed E-state index contributed by atoms with van der Waals surface area (Å²) in [5.74, 6) is -1.01. The van der Waals surface area contributed by atoms with Crippen LogP contribution in [0, 0.1) is 0 Å². The highest BCUT2D eigenvalue weighted by atomic mass is 35.5. The van der Waals surface area contributed by atoms with Crippen LogP contribution in [0.4, 0.5) is 0 Å². The van der Waals surface area contributed by atoms with Crippen LogP contribution in [0.1, 0.15) is 16.7 Å². The predicted octanol–water partition coefficient (Wildman–Crippen LogP) is 5.89. The zero-order valence-electron chi connectivity index (χ0n) is 14.3. The molecule has 0 saturated carbocycles. The fraction of sp³-hybridized carbons (Fsp3) is 0.0526. The van der Waals surface area contributed by atoms with Gasteiger partial charge in [-0.25, -0.2) is 0 Å². The fourth-order valence-electron chi connectivity index (χ4n) is 3.26. The summed E-state index contributed by atoms with van der Waals surface area (Å²) in [4.78, 5) is 0. The molecule has 0 heterocycles. The van der Waals surface area contributed by atoms with Crippen LogP contribution in [-0.4, -0.2) is 23.2 Å². The van der Waals surface area contributed by atoms with Gasteiger partial charge in [-0.1, -0.05) is 64.6 Å². The Bertz CT molecular complexity index is 1190. The van der Waals surface area contributed by atoms with Gasteiger partial charge in [-0.2, -0.15) is 8.42 Å². The van der Waals surface area contributed by atoms with Crippen LogP contribution in [0.3, 0.4) is 0 Å². The zero-order chi connectivity index (χ0) is 21.6. The number of phenols is 2. The molecule has 5 nitrogen and oxygen atoms in total. The molecule has 0 spiro atoms. The van der Waals surface area contributed by atoms with Gasteiger partial charge in [0.1, 0.15) is 11.5 Å². The van der Waals surface area contributed by atoms with Crippen molar-refractivity contribution in [3.8, 4) is 11.5 Å². The first-order chi connectivity index (χ1) is 13.5. The van der Waals surface area contributed by atoms with Crippen LogP contribution in [0.5, 0.6) is 11.5 Å². The minimum Gasteiger partial charge on any atom is -0.508 e. The fourth-order valence-corrected chi connectivity index (χ4v) is 5.92. The number of halogens is 4. The molecule has 0 amide bonds. The molecule has 0 saturated heterocycles. The van der Waals surface area contributed by atoms with E-state index in [1.807, 2.05) is 0 Å². The summed E-state index contributed by atoms with van der Waals surface area (Å²) in [6.07, 6.45) is 0. The molecule has 3 N–H and O–H groups in total. The van der Waals surface area contributed by atoms with E-state index >= 15 is 0 Å². The Kier molecular flexibility index (Phi) is 5.98. The highest BCUT2D eigenvalue weighted by Crippen LogP contribution is 2.54. The van der Waals surface area contributed by atoms with E-state index in [4.69, 9.17) is 46.4 Å². The maximum atomic E-state index is 13.0. The second-order valence-corrected chi connectivity index (χ2v) is 9.25. The molecule has 1 atom stereocenters.